The minimum absolute atomic E-state index is 0.261. The lowest BCUT2D eigenvalue weighted by molar-refractivity contribution is 0.286. The molecule has 0 bridgehead atoms. The fraction of sp³-hybridized carbons (Fsp3) is 0.409. The second-order valence-corrected chi connectivity index (χ2v) is 8.43. The van der Waals surface area contributed by atoms with E-state index in [1.165, 1.54) is 6.42 Å². The molecule has 3 aromatic rings. The SMILES string of the molecule is Cc1ccc(C(C)C)c(OCc2n[nH]c(=S)n2/N=C\c2ccc([C@H]3C[C@@H]3C)o2)c1. The maximum Gasteiger partial charge on any atom is 0.216 e. The Hall–Kier alpha value is -2.67. The molecule has 2 atom stereocenters. The van der Waals surface area contributed by atoms with Crippen molar-refractivity contribution in [2.24, 2.45) is 11.0 Å². The second-order valence-electron chi connectivity index (χ2n) is 8.05. The number of furan rings is 1. The van der Waals surface area contributed by atoms with Crippen molar-refractivity contribution in [2.75, 3.05) is 0 Å². The number of nitrogens with one attached hydrogen (secondary N) is 1. The number of ether oxygens (including phenoxy) is 1. The van der Waals surface area contributed by atoms with E-state index in [1.807, 2.05) is 18.2 Å². The van der Waals surface area contributed by atoms with Crippen LogP contribution in [0.15, 0.2) is 39.9 Å². The molecule has 2 aromatic heterocycles. The third-order valence-corrected chi connectivity index (χ3v) is 5.55. The second kappa shape index (κ2) is 7.99. The van der Waals surface area contributed by atoms with Crippen LogP contribution >= 0.6 is 12.2 Å². The standard InChI is InChI=1S/C22H26N4O2S/c1-13(2)17-7-5-14(3)9-20(17)27-12-21-24-25-22(29)26(21)23-11-16-6-8-19(28-16)18-10-15(18)4/h5-9,11,13,15,18H,10,12H2,1-4H3,(H,25,29)/b23-11-/t15-,18-/m0/s1. The van der Waals surface area contributed by atoms with Gasteiger partial charge in [-0.2, -0.15) is 14.9 Å². The molecule has 1 saturated carbocycles. The molecule has 1 fully saturated rings. The minimum Gasteiger partial charge on any atom is -0.485 e. The van der Waals surface area contributed by atoms with Crippen LogP contribution in [-0.2, 0) is 6.61 Å². The molecule has 1 aliphatic carbocycles. The number of hydrogen-bond donors (Lipinski definition) is 1. The van der Waals surface area contributed by atoms with Gasteiger partial charge in [-0.05, 0) is 66.7 Å². The van der Waals surface area contributed by atoms with Crippen LogP contribution < -0.4 is 4.74 Å². The molecule has 1 N–H and O–H groups in total. The molecule has 0 spiro atoms. The maximum atomic E-state index is 6.08. The lowest BCUT2D eigenvalue weighted by Crippen LogP contribution is -2.06. The summed E-state index contributed by atoms with van der Waals surface area (Å²) >= 11 is 5.32. The summed E-state index contributed by atoms with van der Waals surface area (Å²) in [6, 6.07) is 10.2. The van der Waals surface area contributed by atoms with E-state index in [9.17, 15) is 0 Å². The Morgan fingerprint density at radius 2 is 2.17 bits per heavy atom. The number of aryl methyl sites for hydroxylation is 1. The van der Waals surface area contributed by atoms with E-state index in [2.05, 4.69) is 55.1 Å². The molecule has 1 aromatic carbocycles. The van der Waals surface area contributed by atoms with E-state index in [0.29, 0.717) is 34.1 Å². The van der Waals surface area contributed by atoms with Gasteiger partial charge in [0.15, 0.2) is 5.82 Å². The van der Waals surface area contributed by atoms with E-state index in [1.54, 1.807) is 10.9 Å². The van der Waals surface area contributed by atoms with Gasteiger partial charge in [-0.3, -0.25) is 0 Å². The predicted molar refractivity (Wildman–Crippen MR) is 115 cm³/mol. The van der Waals surface area contributed by atoms with Gasteiger partial charge in [-0.25, -0.2) is 5.10 Å². The number of nitrogens with zero attached hydrogens (tertiary/aromatic N) is 3. The summed E-state index contributed by atoms with van der Waals surface area (Å²) in [6.45, 7) is 8.85. The normalized spacial score (nSPS) is 18.7. The van der Waals surface area contributed by atoms with Gasteiger partial charge in [0.2, 0.25) is 4.77 Å². The topological polar surface area (TPSA) is 68.3 Å². The molecule has 0 radical (unpaired) electrons. The van der Waals surface area contributed by atoms with Gasteiger partial charge in [0.1, 0.15) is 23.9 Å². The summed E-state index contributed by atoms with van der Waals surface area (Å²) in [4.78, 5) is 0. The quantitative estimate of drug-likeness (QED) is 0.409. The van der Waals surface area contributed by atoms with Crippen LogP contribution in [-0.4, -0.2) is 21.1 Å². The van der Waals surface area contributed by atoms with Crippen LogP contribution in [0.2, 0.25) is 0 Å². The Labute approximate surface area is 175 Å². The number of hydrogen-bond acceptors (Lipinski definition) is 5. The van der Waals surface area contributed by atoms with Crippen LogP contribution in [0.25, 0.3) is 0 Å². The number of aromatic nitrogens is 3. The molecule has 7 heteroatoms. The van der Waals surface area contributed by atoms with Gasteiger partial charge >= 0.3 is 0 Å². The Balaban J connectivity index is 1.50. The first-order valence-electron chi connectivity index (χ1n) is 9.96. The maximum absolute atomic E-state index is 6.08. The largest absolute Gasteiger partial charge is 0.485 e. The van der Waals surface area contributed by atoms with Crippen molar-refractivity contribution in [2.45, 2.75) is 52.6 Å². The molecule has 6 nitrogen and oxygen atoms in total. The third kappa shape index (κ3) is 4.34. The van der Waals surface area contributed by atoms with E-state index in [4.69, 9.17) is 21.4 Å². The highest BCUT2D eigenvalue weighted by atomic mass is 32.1. The number of rotatable bonds is 7. The fourth-order valence-corrected chi connectivity index (χ4v) is 3.59. The Bertz CT molecular complexity index is 1090. The summed E-state index contributed by atoms with van der Waals surface area (Å²) in [7, 11) is 0. The molecular formula is C22H26N4O2S. The van der Waals surface area contributed by atoms with Gasteiger partial charge < -0.3 is 9.15 Å². The smallest absolute Gasteiger partial charge is 0.216 e. The zero-order valence-corrected chi connectivity index (χ0v) is 18.0. The lowest BCUT2D eigenvalue weighted by atomic mass is 10.0. The molecule has 152 valence electrons. The average Bonchev–Trinajstić information content (AvgIpc) is 3.08. The zero-order chi connectivity index (χ0) is 20.5. The summed E-state index contributed by atoms with van der Waals surface area (Å²) in [5.41, 5.74) is 2.32. The first-order valence-corrected chi connectivity index (χ1v) is 10.4. The van der Waals surface area contributed by atoms with E-state index >= 15 is 0 Å². The minimum atomic E-state index is 0.261. The highest BCUT2D eigenvalue weighted by Gasteiger charge is 2.36. The van der Waals surface area contributed by atoms with Crippen molar-refractivity contribution >= 4 is 18.4 Å². The van der Waals surface area contributed by atoms with Crippen LogP contribution in [0.5, 0.6) is 5.75 Å². The highest BCUT2D eigenvalue weighted by Crippen LogP contribution is 2.47. The summed E-state index contributed by atoms with van der Waals surface area (Å²) in [5, 5.41) is 11.5. The number of benzene rings is 1. The molecule has 4 rings (SSSR count). The van der Waals surface area contributed by atoms with Crippen LogP contribution in [0.1, 0.15) is 67.5 Å². The first-order chi connectivity index (χ1) is 13.9. The predicted octanol–water partition coefficient (Wildman–Crippen LogP) is 5.55. The van der Waals surface area contributed by atoms with Crippen molar-refractivity contribution in [1.82, 2.24) is 14.9 Å². The Morgan fingerprint density at radius 3 is 2.90 bits per heavy atom. The number of aromatic amines is 1. The van der Waals surface area contributed by atoms with Gasteiger partial charge in [0.25, 0.3) is 0 Å². The number of H-pyrrole nitrogens is 1. The first kappa shape index (κ1) is 19.6. The van der Waals surface area contributed by atoms with E-state index in [0.717, 1.165) is 22.6 Å². The highest BCUT2D eigenvalue weighted by molar-refractivity contribution is 7.71. The van der Waals surface area contributed by atoms with E-state index in [-0.39, 0.29) is 6.61 Å². The molecule has 0 amide bonds. The van der Waals surface area contributed by atoms with Gasteiger partial charge in [0, 0.05) is 5.92 Å². The Morgan fingerprint density at radius 1 is 1.38 bits per heavy atom. The third-order valence-electron chi connectivity index (χ3n) is 5.29. The Kier molecular flexibility index (Phi) is 5.41. The van der Waals surface area contributed by atoms with Gasteiger partial charge in [-0.15, -0.1) is 0 Å². The molecule has 29 heavy (non-hydrogen) atoms. The molecular weight excluding hydrogens is 384 g/mol. The molecule has 0 saturated heterocycles. The summed E-state index contributed by atoms with van der Waals surface area (Å²) in [5.74, 6) is 4.81. The van der Waals surface area contributed by atoms with Crippen molar-refractivity contribution in [3.05, 3.63) is 63.6 Å². The average molecular weight is 411 g/mol. The summed E-state index contributed by atoms with van der Waals surface area (Å²) < 4.78 is 13.9. The van der Waals surface area contributed by atoms with Crippen molar-refractivity contribution in [1.29, 1.82) is 0 Å². The van der Waals surface area contributed by atoms with Crippen molar-refractivity contribution in [3.63, 3.8) is 0 Å². The van der Waals surface area contributed by atoms with Crippen LogP contribution in [0.4, 0.5) is 0 Å². The molecule has 1 aliphatic rings. The fourth-order valence-electron chi connectivity index (χ4n) is 3.39. The van der Waals surface area contributed by atoms with Gasteiger partial charge in [0.05, 0.1) is 6.21 Å². The van der Waals surface area contributed by atoms with Crippen molar-refractivity contribution < 1.29 is 9.15 Å². The zero-order valence-electron chi connectivity index (χ0n) is 17.2. The van der Waals surface area contributed by atoms with Crippen LogP contribution in [0, 0.1) is 17.6 Å². The van der Waals surface area contributed by atoms with Crippen molar-refractivity contribution in [3.8, 4) is 5.75 Å². The summed E-state index contributed by atoms with van der Waals surface area (Å²) in [6.07, 6.45) is 2.85. The molecule has 2 heterocycles. The monoisotopic (exact) mass is 410 g/mol. The molecule has 0 aliphatic heterocycles. The molecule has 0 unspecified atom stereocenters. The van der Waals surface area contributed by atoms with Gasteiger partial charge in [-0.1, -0.05) is 32.9 Å². The lowest BCUT2D eigenvalue weighted by Gasteiger charge is -2.14. The van der Waals surface area contributed by atoms with Crippen LogP contribution in [0.3, 0.4) is 0 Å². The van der Waals surface area contributed by atoms with E-state index < -0.39 is 0 Å².